The van der Waals surface area contributed by atoms with Crippen molar-refractivity contribution < 1.29 is 52.7 Å². The second kappa shape index (κ2) is 76.1. The number of rotatable bonds is 83. The maximum absolute atomic E-state index is 15.8. The van der Waals surface area contributed by atoms with Gasteiger partial charge in [-0.05, 0) is 80.0 Å². The largest absolute Gasteiger partial charge is 0.368 e. The highest BCUT2D eigenvalue weighted by Gasteiger charge is 2.33. The lowest BCUT2D eigenvalue weighted by atomic mass is 10.1. The van der Waals surface area contributed by atoms with Crippen molar-refractivity contribution >= 4 is 65.0 Å². The third-order valence-corrected chi connectivity index (χ3v) is 25.3. The van der Waals surface area contributed by atoms with Crippen LogP contribution in [0.4, 0.5) is 0 Å². The molecule has 11 amide bonds. The Labute approximate surface area is 802 Å². The van der Waals surface area contributed by atoms with E-state index in [4.69, 9.17) is 17.2 Å². The minimum atomic E-state index is -0.632. The van der Waals surface area contributed by atoms with Crippen LogP contribution in [0.25, 0.3) is 0 Å². The van der Waals surface area contributed by atoms with Gasteiger partial charge in [-0.1, -0.05) is 381 Å². The fourth-order valence-electron chi connectivity index (χ4n) is 16.9. The van der Waals surface area contributed by atoms with Crippen LogP contribution in [0.5, 0.6) is 0 Å². The first kappa shape index (κ1) is 116. The zero-order chi connectivity index (χ0) is 96.4. The molecule has 0 aromatic heterocycles. The Morgan fingerprint density at radius 3 is 0.571 bits per heavy atom. The van der Waals surface area contributed by atoms with Gasteiger partial charge >= 0.3 is 0 Å². The van der Waals surface area contributed by atoms with Crippen LogP contribution in [0.2, 0.25) is 0 Å². The fourth-order valence-corrected chi connectivity index (χ4v) is 16.9. The molecule has 133 heavy (non-hydrogen) atoms. The molecule has 0 heterocycles. The number of unbranched alkanes of at least 4 members (excludes halogenated alkanes) is 35. The minimum Gasteiger partial charge on any atom is -0.368 e. The van der Waals surface area contributed by atoms with Crippen LogP contribution in [0, 0.1) is 0 Å². The highest BCUT2D eigenvalue weighted by Crippen LogP contribution is 2.20. The molecule has 0 saturated carbocycles. The van der Waals surface area contributed by atoms with Crippen molar-refractivity contribution in [1.29, 1.82) is 0 Å². The molecule has 746 valence electrons. The lowest BCUT2D eigenvalue weighted by Crippen LogP contribution is -2.53. The van der Waals surface area contributed by atoms with Crippen molar-refractivity contribution in [3.8, 4) is 0 Å². The van der Waals surface area contributed by atoms with Crippen molar-refractivity contribution in [2.24, 2.45) is 17.2 Å². The Hall–Kier alpha value is -9.07. The van der Waals surface area contributed by atoms with E-state index in [2.05, 4.69) is 39.9 Å². The van der Waals surface area contributed by atoms with E-state index in [1.807, 2.05) is 121 Å². The van der Waals surface area contributed by atoms with E-state index >= 15 is 33.6 Å². The quantitative estimate of drug-likeness (QED) is 0.0299. The number of carbonyl (C=O) groups is 11. The maximum atomic E-state index is 15.8. The van der Waals surface area contributed by atoms with E-state index in [0.717, 1.165) is 215 Å². The van der Waals surface area contributed by atoms with E-state index in [1.165, 1.54) is 66.4 Å². The summed E-state index contributed by atoms with van der Waals surface area (Å²) in [6.07, 6.45) is 41.7. The molecule has 0 fully saturated rings. The van der Waals surface area contributed by atoms with Gasteiger partial charge in [-0.15, -0.1) is 0 Å². The smallest absolute Gasteiger partial charge is 0.242 e. The van der Waals surface area contributed by atoms with E-state index in [9.17, 15) is 19.2 Å². The predicted molar refractivity (Wildman–Crippen MR) is 540 cm³/mol. The number of primary amides is 1. The standard InChI is InChI=1S/C108H178N14O11/c1-6-11-16-21-26-31-36-53-73-113(84-98(111)123)100(125)85-114(74-54-37-32-27-22-17-12-7-2)101(126)86-115(75-55-38-33-28-23-18-13-8-3)102(127)87-116(76-56-39-34-29-24-19-14-9-4)103(128)88-117(77-57-40-35-30-25-20-15-10-5)104(129)90-119(79-67-95-60-47-42-48-61-95)106(131)91-120(80-68-96-62-49-43-50-63-96)107(132)93-122(82-71-110)108(133)92-121(81-69-97-64-51-44-52-65-97)105(130)89-118(99(124)83-112-72-70-109)78-66-94-58-45-41-46-59-94/h41-52,58-65,112H,6-40,53-57,66-93,109-110H2,1-5H3,(H2,111,123). The lowest BCUT2D eigenvalue weighted by Gasteiger charge is -2.33. The second-order valence-corrected chi connectivity index (χ2v) is 36.7. The molecule has 4 aromatic carbocycles. The number of hydrogen-bond donors (Lipinski definition) is 4. The zero-order valence-electron chi connectivity index (χ0n) is 83.3. The molecule has 0 atom stereocenters. The third-order valence-electron chi connectivity index (χ3n) is 25.3. The fraction of sp³-hybridized carbons (Fsp3) is 0.676. The average molecular weight is 1850 g/mol. The Bertz CT molecular complexity index is 3750. The topological polar surface area (TPSA) is 310 Å². The highest BCUT2D eigenvalue weighted by atomic mass is 16.2. The molecule has 0 radical (unpaired) electrons. The maximum Gasteiger partial charge on any atom is 0.242 e. The molecular formula is C108H178N14O11. The number of benzene rings is 4. The second-order valence-electron chi connectivity index (χ2n) is 36.7. The first-order valence-corrected chi connectivity index (χ1v) is 52.1. The Kier molecular flexibility index (Phi) is 66.5. The molecule has 7 N–H and O–H groups in total. The van der Waals surface area contributed by atoms with Gasteiger partial charge in [0.05, 0.1) is 72.0 Å². The van der Waals surface area contributed by atoms with Crippen LogP contribution in [0.1, 0.15) is 314 Å². The summed E-state index contributed by atoms with van der Waals surface area (Å²) in [4.78, 5) is 180. The van der Waals surface area contributed by atoms with E-state index in [-0.39, 0.29) is 117 Å². The van der Waals surface area contributed by atoms with Crippen LogP contribution in [0.3, 0.4) is 0 Å². The SMILES string of the molecule is CCCCCCCCCCN(CC(N)=O)C(=O)CN(CCCCCCCCCC)C(=O)CN(CCCCCCCCCC)C(=O)CN(CCCCCCCCCC)C(=O)CN(CCCCCCCCCC)C(=O)CN(CCc1ccccc1)C(=O)CN(CCc1ccccc1)C(=O)CN(CCN)C(=O)CN(CCc1ccccc1)C(=O)CN(CCc1ccccc1)C(=O)CNCCN. The summed E-state index contributed by atoms with van der Waals surface area (Å²) in [7, 11) is 0. The van der Waals surface area contributed by atoms with Gasteiger partial charge in [0.15, 0.2) is 0 Å². The number of nitrogens with one attached hydrogen (secondary N) is 1. The summed E-state index contributed by atoms with van der Waals surface area (Å²) in [6.45, 7) is 9.34. The minimum absolute atomic E-state index is 0.0410. The lowest BCUT2D eigenvalue weighted by molar-refractivity contribution is -0.149. The number of nitrogens with two attached hydrogens (primary N) is 3. The molecule has 0 spiro atoms. The average Bonchev–Trinajstić information content (AvgIpc) is 0.860. The summed E-state index contributed by atoms with van der Waals surface area (Å²) in [5.74, 6) is -5.21. The molecule has 0 aliphatic carbocycles. The van der Waals surface area contributed by atoms with Crippen LogP contribution >= 0.6 is 0 Å². The first-order chi connectivity index (χ1) is 64.8. The van der Waals surface area contributed by atoms with Crippen molar-refractivity contribution in [2.75, 3.05) is 157 Å². The van der Waals surface area contributed by atoms with E-state index in [1.54, 1.807) is 14.7 Å². The van der Waals surface area contributed by atoms with E-state index < -0.39 is 85.9 Å². The zero-order valence-corrected chi connectivity index (χ0v) is 83.3. The van der Waals surface area contributed by atoms with Crippen LogP contribution in [0.15, 0.2) is 121 Å². The number of amides is 11. The van der Waals surface area contributed by atoms with Crippen LogP contribution < -0.4 is 22.5 Å². The Balaban J connectivity index is 1.80. The van der Waals surface area contributed by atoms with Gasteiger partial charge in [-0.2, -0.15) is 0 Å². The van der Waals surface area contributed by atoms with Crippen LogP contribution in [-0.2, 0) is 78.4 Å². The monoisotopic (exact) mass is 1850 g/mol. The molecule has 25 nitrogen and oxygen atoms in total. The number of hydrogen-bond acceptors (Lipinski definition) is 14. The van der Waals surface area contributed by atoms with Crippen molar-refractivity contribution in [3.63, 3.8) is 0 Å². The van der Waals surface area contributed by atoms with Gasteiger partial charge in [-0.25, -0.2) is 0 Å². The molecule has 4 rings (SSSR count). The van der Waals surface area contributed by atoms with Gasteiger partial charge in [0, 0.05) is 85.1 Å². The molecule has 0 unspecified atom stereocenters. The summed E-state index contributed by atoms with van der Waals surface area (Å²) in [6, 6.07) is 38.4. The summed E-state index contributed by atoms with van der Waals surface area (Å²) < 4.78 is 0. The van der Waals surface area contributed by atoms with Crippen molar-refractivity contribution in [1.82, 2.24) is 54.3 Å². The Morgan fingerprint density at radius 1 is 0.211 bits per heavy atom. The van der Waals surface area contributed by atoms with Crippen LogP contribution in [-0.4, -0.2) is 271 Å². The predicted octanol–water partition coefficient (Wildman–Crippen LogP) is 15.9. The van der Waals surface area contributed by atoms with Gasteiger partial charge < -0.3 is 71.5 Å². The molecule has 0 saturated heterocycles. The summed E-state index contributed by atoms with van der Waals surface area (Å²) in [5.41, 5.74) is 21.6. The molecule has 25 heteroatoms. The van der Waals surface area contributed by atoms with Crippen molar-refractivity contribution in [2.45, 2.75) is 317 Å². The highest BCUT2D eigenvalue weighted by molar-refractivity contribution is 5.95. The van der Waals surface area contributed by atoms with Gasteiger partial charge in [0.25, 0.3) is 0 Å². The third kappa shape index (κ3) is 54.9. The number of nitrogens with zero attached hydrogens (tertiary/aromatic N) is 10. The van der Waals surface area contributed by atoms with Gasteiger partial charge in [-0.3, -0.25) is 52.7 Å². The first-order valence-electron chi connectivity index (χ1n) is 52.1. The summed E-state index contributed by atoms with van der Waals surface area (Å²) >= 11 is 0. The number of carbonyl (C=O) groups excluding carboxylic acids is 11. The molecule has 0 bridgehead atoms. The molecule has 0 aliphatic heterocycles. The van der Waals surface area contributed by atoms with Crippen molar-refractivity contribution in [3.05, 3.63) is 144 Å². The van der Waals surface area contributed by atoms with Gasteiger partial charge in [0.2, 0.25) is 65.0 Å². The van der Waals surface area contributed by atoms with Gasteiger partial charge in [0.1, 0.15) is 0 Å². The molecule has 0 aliphatic rings. The van der Waals surface area contributed by atoms with E-state index in [0.29, 0.717) is 77.4 Å². The molecular weight excluding hydrogens is 1670 g/mol. The normalized spacial score (nSPS) is 11.2. The Morgan fingerprint density at radius 2 is 0.383 bits per heavy atom. The summed E-state index contributed by atoms with van der Waals surface area (Å²) in [5, 5.41) is 3.06. The molecule has 4 aromatic rings.